The van der Waals surface area contributed by atoms with E-state index < -0.39 is 5.41 Å². The molecular formula is C56H45N3. The quantitative estimate of drug-likeness (QED) is 0.122. The van der Waals surface area contributed by atoms with E-state index in [-0.39, 0.29) is 0 Å². The van der Waals surface area contributed by atoms with Crippen molar-refractivity contribution in [2.75, 3.05) is 6.67 Å². The number of aliphatic imine (C=N–C) groups is 2. The van der Waals surface area contributed by atoms with Gasteiger partial charge in [0.05, 0.1) is 12.0 Å². The minimum atomic E-state index is -0.395. The molecule has 1 aliphatic rings. The molecule has 1 atom stereocenters. The molecule has 0 saturated heterocycles. The van der Waals surface area contributed by atoms with Gasteiger partial charge < -0.3 is 5.32 Å². The van der Waals surface area contributed by atoms with Crippen molar-refractivity contribution < 1.29 is 0 Å². The third-order valence-electron chi connectivity index (χ3n) is 11.5. The molecule has 3 nitrogen and oxygen atoms in total. The average Bonchev–Trinajstić information content (AvgIpc) is 3.61. The van der Waals surface area contributed by atoms with Gasteiger partial charge in [0.1, 0.15) is 12.5 Å². The van der Waals surface area contributed by atoms with Gasteiger partial charge in [-0.2, -0.15) is 0 Å². The van der Waals surface area contributed by atoms with Crippen LogP contribution in [0.25, 0.3) is 43.8 Å². The Morgan fingerprint density at radius 3 is 1.85 bits per heavy atom. The number of aryl methyl sites for hydroxylation is 1. The van der Waals surface area contributed by atoms with E-state index in [2.05, 4.69) is 193 Å². The summed E-state index contributed by atoms with van der Waals surface area (Å²) in [4.78, 5) is 8.43. The van der Waals surface area contributed by atoms with E-state index >= 15 is 0 Å². The number of nitrogens with zero attached hydrogens (tertiary/aromatic N) is 2. The summed E-state index contributed by atoms with van der Waals surface area (Å²) in [5, 5.41) is 8.33. The number of nitrogens with one attached hydrogen (secondary N) is 1. The molecule has 0 aromatic heterocycles. The number of rotatable bonds is 8. The second-order valence-corrected chi connectivity index (χ2v) is 15.0. The number of amidine groups is 1. The lowest BCUT2D eigenvalue weighted by Crippen LogP contribution is -2.28. The average molecular weight is 760 g/mol. The van der Waals surface area contributed by atoms with E-state index in [4.69, 9.17) is 0 Å². The molecule has 0 fully saturated rings. The first-order chi connectivity index (χ1) is 29.1. The van der Waals surface area contributed by atoms with Crippen LogP contribution in [0.15, 0.2) is 222 Å². The number of hydrogen-bond acceptors (Lipinski definition) is 2. The molecule has 0 amide bonds. The van der Waals surface area contributed by atoms with Crippen LogP contribution in [-0.2, 0) is 12.0 Å². The van der Waals surface area contributed by atoms with Gasteiger partial charge in [0.25, 0.3) is 0 Å². The van der Waals surface area contributed by atoms with Crippen molar-refractivity contribution in [1.29, 1.82) is 0 Å². The SMILES string of the molecule is C=NCNC(=NCc1ccccc1)c1ccccc1.Cc1cc2ccccc2cc1-c1ccc(C2(c3ccccc3)c3ccccc3-c3c2ccc2ccccc32)cc1. The van der Waals surface area contributed by atoms with Crippen LogP contribution in [0.2, 0.25) is 0 Å². The summed E-state index contributed by atoms with van der Waals surface area (Å²) >= 11 is 0. The molecule has 9 aromatic carbocycles. The van der Waals surface area contributed by atoms with Crippen molar-refractivity contribution in [3.63, 3.8) is 0 Å². The summed E-state index contributed by atoms with van der Waals surface area (Å²) < 4.78 is 0. The van der Waals surface area contributed by atoms with Crippen molar-refractivity contribution in [1.82, 2.24) is 5.32 Å². The normalized spacial score (nSPS) is 14.2. The van der Waals surface area contributed by atoms with Crippen LogP contribution in [0.4, 0.5) is 0 Å². The van der Waals surface area contributed by atoms with E-state index in [0.717, 1.165) is 11.4 Å². The highest BCUT2D eigenvalue weighted by Gasteiger charge is 2.46. The molecule has 284 valence electrons. The number of hydrogen-bond donors (Lipinski definition) is 1. The fraction of sp³-hybridized carbons (Fsp3) is 0.0714. The van der Waals surface area contributed by atoms with Crippen LogP contribution < -0.4 is 5.32 Å². The zero-order valence-electron chi connectivity index (χ0n) is 33.2. The molecule has 0 spiro atoms. The van der Waals surface area contributed by atoms with E-state index in [9.17, 15) is 0 Å². The smallest absolute Gasteiger partial charge is 0.130 e. The molecule has 1 aliphatic carbocycles. The molecule has 0 aliphatic heterocycles. The van der Waals surface area contributed by atoms with Gasteiger partial charge in [-0.1, -0.05) is 206 Å². The summed E-state index contributed by atoms with van der Waals surface area (Å²) in [5.74, 6) is 0.844. The number of benzene rings is 9. The maximum absolute atomic E-state index is 4.62. The summed E-state index contributed by atoms with van der Waals surface area (Å²) in [6.07, 6.45) is 0. The lowest BCUT2D eigenvalue weighted by molar-refractivity contribution is 0.769. The van der Waals surface area contributed by atoms with Crippen molar-refractivity contribution in [3.05, 3.63) is 251 Å². The maximum atomic E-state index is 4.62. The molecule has 1 unspecified atom stereocenters. The van der Waals surface area contributed by atoms with Crippen LogP contribution in [0.1, 0.15) is 38.9 Å². The van der Waals surface area contributed by atoms with E-state index in [1.807, 2.05) is 48.5 Å². The summed E-state index contributed by atoms with van der Waals surface area (Å²) in [6, 6.07) is 76.3. The first kappa shape index (κ1) is 37.2. The van der Waals surface area contributed by atoms with Gasteiger partial charge in [0.15, 0.2) is 0 Å². The Kier molecular flexibility index (Phi) is 10.5. The van der Waals surface area contributed by atoms with Gasteiger partial charge in [0.2, 0.25) is 0 Å². The topological polar surface area (TPSA) is 36.8 Å². The minimum absolute atomic E-state index is 0.395. The van der Waals surface area contributed by atoms with Gasteiger partial charge in [-0.05, 0) is 96.9 Å². The van der Waals surface area contributed by atoms with Crippen LogP contribution in [0.5, 0.6) is 0 Å². The molecule has 9 aromatic rings. The lowest BCUT2D eigenvalue weighted by atomic mass is 9.67. The standard InChI is InChI=1S/C40H28.C16H17N3/c1-27-25-30-12-5-6-13-31(30)26-36(27)29-19-22-33(23-20-29)40(32-14-3-2-4-15-32)37-18-10-9-17-35(37)39-34-16-8-7-11-28(34)21-24-38(39)40;1-17-13-19-16(15-10-6-3-7-11-15)18-12-14-8-4-2-5-9-14/h2-26H,1H3;2-11H,1,12-13H2,(H,18,19). The highest BCUT2D eigenvalue weighted by atomic mass is 15.1. The Labute approximate surface area is 347 Å². The van der Waals surface area contributed by atoms with Gasteiger partial charge >= 0.3 is 0 Å². The van der Waals surface area contributed by atoms with Crippen LogP contribution in [0.3, 0.4) is 0 Å². The Bertz CT molecular complexity index is 2920. The van der Waals surface area contributed by atoms with E-state index in [0.29, 0.717) is 13.2 Å². The first-order valence-corrected chi connectivity index (χ1v) is 20.2. The second kappa shape index (κ2) is 16.6. The monoisotopic (exact) mass is 759 g/mol. The van der Waals surface area contributed by atoms with E-state index in [1.54, 1.807) is 0 Å². The summed E-state index contributed by atoms with van der Waals surface area (Å²) in [5.41, 5.74) is 13.7. The zero-order valence-corrected chi connectivity index (χ0v) is 33.2. The molecule has 10 rings (SSSR count). The van der Waals surface area contributed by atoms with E-state index in [1.165, 1.54) is 77.2 Å². The Balaban J connectivity index is 0.000000199. The van der Waals surface area contributed by atoms with Crippen molar-refractivity contribution in [3.8, 4) is 22.3 Å². The fourth-order valence-corrected chi connectivity index (χ4v) is 8.82. The fourth-order valence-electron chi connectivity index (χ4n) is 8.82. The lowest BCUT2D eigenvalue weighted by Gasteiger charge is -2.34. The maximum Gasteiger partial charge on any atom is 0.130 e. The Morgan fingerprint density at radius 1 is 0.525 bits per heavy atom. The molecule has 1 N–H and O–H groups in total. The molecule has 0 heterocycles. The molecule has 0 bridgehead atoms. The van der Waals surface area contributed by atoms with Crippen molar-refractivity contribution in [2.24, 2.45) is 9.98 Å². The van der Waals surface area contributed by atoms with Crippen molar-refractivity contribution in [2.45, 2.75) is 18.9 Å². The molecule has 0 radical (unpaired) electrons. The third-order valence-corrected chi connectivity index (χ3v) is 11.5. The van der Waals surface area contributed by atoms with Crippen molar-refractivity contribution >= 4 is 34.1 Å². The zero-order chi connectivity index (χ0) is 40.0. The third kappa shape index (κ3) is 7.13. The van der Waals surface area contributed by atoms with Gasteiger partial charge in [-0.15, -0.1) is 0 Å². The van der Waals surface area contributed by atoms with Crippen LogP contribution in [-0.4, -0.2) is 19.2 Å². The first-order valence-electron chi connectivity index (χ1n) is 20.2. The molecule has 0 saturated carbocycles. The van der Waals surface area contributed by atoms with Crippen LogP contribution in [0, 0.1) is 6.92 Å². The Morgan fingerprint density at radius 2 is 1.12 bits per heavy atom. The predicted molar refractivity (Wildman–Crippen MR) is 250 cm³/mol. The van der Waals surface area contributed by atoms with Gasteiger partial charge in [-0.3, -0.25) is 9.98 Å². The highest BCUT2D eigenvalue weighted by Crippen LogP contribution is 2.57. The largest absolute Gasteiger partial charge is 0.351 e. The van der Waals surface area contributed by atoms with Gasteiger partial charge in [-0.25, -0.2) is 0 Å². The number of fused-ring (bicyclic) bond motifs is 6. The summed E-state index contributed by atoms with van der Waals surface area (Å²) in [6.45, 7) is 6.80. The second-order valence-electron chi connectivity index (χ2n) is 15.0. The summed E-state index contributed by atoms with van der Waals surface area (Å²) in [7, 11) is 0. The Hall–Kier alpha value is -7.36. The predicted octanol–water partition coefficient (Wildman–Crippen LogP) is 13.2. The minimum Gasteiger partial charge on any atom is -0.351 e. The molecular weight excluding hydrogens is 715 g/mol. The highest BCUT2D eigenvalue weighted by molar-refractivity contribution is 6.04. The van der Waals surface area contributed by atoms with Gasteiger partial charge in [0, 0.05) is 5.56 Å². The molecule has 59 heavy (non-hydrogen) atoms. The molecule has 3 heteroatoms. The van der Waals surface area contributed by atoms with Crippen LogP contribution >= 0.6 is 0 Å².